The van der Waals surface area contributed by atoms with Crippen LogP contribution in [0.25, 0.3) is 10.6 Å². The quantitative estimate of drug-likeness (QED) is 0.531. The molecule has 2 heterocycles. The molecule has 2 aliphatic rings. The van der Waals surface area contributed by atoms with Crippen LogP contribution in [0.1, 0.15) is 93.9 Å². The first-order chi connectivity index (χ1) is 8.83. The maximum Gasteiger partial charge on any atom is 2.00 e. The summed E-state index contributed by atoms with van der Waals surface area (Å²) >= 11 is 0. The maximum atomic E-state index is 4.75. The first-order valence-corrected chi connectivity index (χ1v) is 8.31. The van der Waals surface area contributed by atoms with Crippen molar-refractivity contribution in [2.24, 2.45) is 0 Å². The molecule has 0 atom stereocenters. The van der Waals surface area contributed by atoms with Crippen molar-refractivity contribution >= 4 is 0 Å². The Morgan fingerprint density at radius 1 is 0.522 bits per heavy atom. The Hall–Kier alpha value is 1.43. The van der Waals surface area contributed by atoms with Crippen LogP contribution >= 0.6 is 0 Å². The van der Waals surface area contributed by atoms with Gasteiger partial charge < -0.3 is 23.0 Å². The van der Waals surface area contributed by atoms with Gasteiger partial charge in [-0.2, -0.15) is 0 Å². The van der Waals surface area contributed by atoms with Gasteiger partial charge in [-0.25, -0.2) is 0 Å². The van der Waals surface area contributed by atoms with Crippen molar-refractivity contribution in [1.82, 2.24) is 0 Å². The van der Waals surface area contributed by atoms with Gasteiger partial charge in [-0.1, -0.05) is 93.9 Å². The van der Waals surface area contributed by atoms with E-state index in [0.717, 1.165) is 0 Å². The molecule has 0 aromatic heterocycles. The van der Waals surface area contributed by atoms with Crippen LogP contribution in [0.15, 0.2) is 0 Å². The minimum atomic E-state index is 0. The number of hydrogen-bond acceptors (Lipinski definition) is 0. The second kappa shape index (κ2) is 10.5. The van der Waals surface area contributed by atoms with E-state index in [2.05, 4.69) is 55.4 Å². The van der Waals surface area contributed by atoms with E-state index in [1.807, 2.05) is 0 Å². The van der Waals surface area contributed by atoms with Crippen LogP contribution < -0.4 is 31.3 Å². The number of rotatable bonds is 0. The van der Waals surface area contributed by atoms with Crippen LogP contribution in [0.4, 0.5) is 0 Å². The summed E-state index contributed by atoms with van der Waals surface area (Å²) in [5.74, 6) is 0. The van der Waals surface area contributed by atoms with Gasteiger partial charge in [-0.05, 0) is 0 Å². The van der Waals surface area contributed by atoms with Crippen LogP contribution in [0, 0.1) is 0 Å². The maximum absolute atomic E-state index is 4.75. The van der Waals surface area contributed by atoms with Crippen molar-refractivity contribution in [2.45, 2.75) is 116 Å². The SMILES string of the molecule is CC1(C)CCCC(C)(C)[N-]1.CC1(C)CCCC(C)(C)[N-]1.[Cl-].[Li+].[Zn+2]. The number of hydrogen-bond donors (Lipinski definition) is 0. The molecule has 2 nitrogen and oxygen atoms in total. The van der Waals surface area contributed by atoms with Crippen LogP contribution in [0.2, 0.25) is 0 Å². The summed E-state index contributed by atoms with van der Waals surface area (Å²) in [5.41, 5.74) is 0.951. The molecule has 23 heavy (non-hydrogen) atoms. The van der Waals surface area contributed by atoms with E-state index >= 15 is 0 Å². The standard InChI is InChI=1S/2C9H18N.ClH.Li.Zn/c2*1-8(2)6-5-7-9(3,4)10-8;;;/h2*5-7H2,1-4H3;1H;;/q2*-1;;+1;+2/p-1. The monoisotopic (exact) mass is 386 g/mol. The van der Waals surface area contributed by atoms with Gasteiger partial charge in [0.2, 0.25) is 0 Å². The summed E-state index contributed by atoms with van der Waals surface area (Å²) in [4.78, 5) is 0. The molecule has 5 heteroatoms. The summed E-state index contributed by atoms with van der Waals surface area (Å²) < 4.78 is 0. The smallest absolute Gasteiger partial charge is 1.00 e. The van der Waals surface area contributed by atoms with Gasteiger partial charge in [0.05, 0.1) is 0 Å². The molecule has 0 aromatic rings. The second-order valence-corrected chi connectivity index (χ2v) is 9.18. The summed E-state index contributed by atoms with van der Waals surface area (Å²) in [5, 5.41) is 9.49. The Kier molecular flexibility index (Phi) is 13.4. The van der Waals surface area contributed by atoms with E-state index < -0.39 is 0 Å². The molecule has 128 valence electrons. The summed E-state index contributed by atoms with van der Waals surface area (Å²) in [6.45, 7) is 17.8. The zero-order chi connectivity index (χ0) is 15.7. The molecule has 2 rings (SSSR count). The van der Waals surface area contributed by atoms with Crippen molar-refractivity contribution in [1.29, 1.82) is 0 Å². The minimum absolute atomic E-state index is 0. The van der Waals surface area contributed by atoms with Gasteiger partial charge in [0, 0.05) is 0 Å². The van der Waals surface area contributed by atoms with E-state index in [9.17, 15) is 0 Å². The number of nitrogens with zero attached hydrogens (tertiary/aromatic N) is 2. The fraction of sp³-hybridized carbons (Fsp3) is 1.00. The van der Waals surface area contributed by atoms with E-state index in [4.69, 9.17) is 10.6 Å². The fourth-order valence-electron chi connectivity index (χ4n) is 3.77. The van der Waals surface area contributed by atoms with Crippen molar-refractivity contribution in [3.05, 3.63) is 10.6 Å². The molecule has 2 fully saturated rings. The largest absolute Gasteiger partial charge is 2.00 e. The van der Waals surface area contributed by atoms with E-state index in [1.54, 1.807) is 0 Å². The molecule has 2 aliphatic heterocycles. The van der Waals surface area contributed by atoms with Gasteiger partial charge in [0.15, 0.2) is 0 Å². The topological polar surface area (TPSA) is 28.2 Å². The van der Waals surface area contributed by atoms with Gasteiger partial charge in [0.1, 0.15) is 0 Å². The van der Waals surface area contributed by atoms with E-state index in [1.165, 1.54) is 38.5 Å². The Balaban J connectivity index is -0.000000308. The van der Waals surface area contributed by atoms with Gasteiger partial charge >= 0.3 is 38.3 Å². The van der Waals surface area contributed by atoms with E-state index in [0.29, 0.717) is 0 Å². The van der Waals surface area contributed by atoms with Crippen molar-refractivity contribution < 1.29 is 50.7 Å². The van der Waals surface area contributed by atoms with Gasteiger partial charge in [-0.3, -0.25) is 0 Å². The molecule has 0 aromatic carbocycles. The van der Waals surface area contributed by atoms with Crippen LogP contribution in [0.3, 0.4) is 0 Å². The number of piperidine rings is 2. The second-order valence-electron chi connectivity index (χ2n) is 9.18. The fourth-order valence-corrected chi connectivity index (χ4v) is 3.77. The molecular formula is C18H36ClLiN2Zn. The zero-order valence-electron chi connectivity index (χ0n) is 17.2. The summed E-state index contributed by atoms with van der Waals surface area (Å²) in [6, 6.07) is 0. The molecule has 0 amide bonds. The van der Waals surface area contributed by atoms with Crippen molar-refractivity contribution in [3.8, 4) is 0 Å². The molecule has 0 radical (unpaired) electrons. The van der Waals surface area contributed by atoms with Crippen molar-refractivity contribution in [3.63, 3.8) is 0 Å². The van der Waals surface area contributed by atoms with Crippen LogP contribution in [-0.2, 0) is 19.5 Å². The Morgan fingerprint density at radius 3 is 0.783 bits per heavy atom. The third kappa shape index (κ3) is 12.4. The first-order valence-electron chi connectivity index (χ1n) is 8.31. The average molecular weight is 388 g/mol. The van der Waals surface area contributed by atoms with Gasteiger partial charge in [0.25, 0.3) is 0 Å². The van der Waals surface area contributed by atoms with Crippen LogP contribution in [0.5, 0.6) is 0 Å². The molecule has 0 spiro atoms. The normalized spacial score (nSPS) is 26.1. The average Bonchev–Trinajstić information content (AvgIpc) is 2.09. The Bertz CT molecular complexity index is 271. The molecule has 0 aliphatic carbocycles. The predicted octanol–water partition coefficient (Wildman–Crippen LogP) is 0.208. The third-order valence-electron chi connectivity index (χ3n) is 4.36. The molecule has 2 saturated heterocycles. The molecule has 0 saturated carbocycles. The molecule has 0 unspecified atom stereocenters. The Labute approximate surface area is 176 Å². The van der Waals surface area contributed by atoms with Crippen LogP contribution in [-0.4, -0.2) is 22.2 Å². The zero-order valence-corrected chi connectivity index (χ0v) is 20.9. The first kappa shape index (κ1) is 29.2. The molecule has 0 N–H and O–H groups in total. The summed E-state index contributed by atoms with van der Waals surface area (Å²) in [7, 11) is 0. The predicted molar refractivity (Wildman–Crippen MR) is 90.7 cm³/mol. The Morgan fingerprint density at radius 2 is 0.696 bits per heavy atom. The van der Waals surface area contributed by atoms with Gasteiger partial charge in [-0.15, -0.1) is 22.2 Å². The van der Waals surface area contributed by atoms with E-state index in [-0.39, 0.29) is 72.9 Å². The molecule has 0 bridgehead atoms. The molecular weight excluding hydrogens is 352 g/mol. The third-order valence-corrected chi connectivity index (χ3v) is 4.36. The van der Waals surface area contributed by atoms with Crippen molar-refractivity contribution in [2.75, 3.05) is 0 Å². The number of halogens is 1. The summed E-state index contributed by atoms with van der Waals surface area (Å²) in [6.07, 6.45) is 7.72. The minimum Gasteiger partial charge on any atom is -1.00 e.